The Hall–Kier alpha value is -2.03. The fourth-order valence-electron chi connectivity index (χ4n) is 3.17. The summed E-state index contributed by atoms with van der Waals surface area (Å²) >= 11 is 0. The molecule has 0 unspecified atom stereocenters. The normalized spacial score (nSPS) is 14.1. The Morgan fingerprint density at radius 1 is 1.24 bits per heavy atom. The van der Waals surface area contributed by atoms with Gasteiger partial charge >= 0.3 is 0 Å². The molecule has 0 bridgehead atoms. The molecule has 3 rings (SSSR count). The highest BCUT2D eigenvalue weighted by Gasteiger charge is 2.21. The van der Waals surface area contributed by atoms with E-state index in [-0.39, 0.29) is 5.78 Å². The van der Waals surface area contributed by atoms with Crippen LogP contribution < -0.4 is 4.90 Å². The quantitative estimate of drug-likeness (QED) is 0.807. The van der Waals surface area contributed by atoms with Gasteiger partial charge in [0, 0.05) is 36.2 Å². The number of hydrogen-bond donors (Lipinski definition) is 0. The van der Waals surface area contributed by atoms with Crippen LogP contribution in [0.4, 0.5) is 5.69 Å². The Morgan fingerprint density at radius 3 is 2.71 bits per heavy atom. The molecule has 2 aromatic rings. The molecule has 1 aliphatic heterocycles. The average Bonchev–Trinajstić information content (AvgIpc) is 2.75. The first kappa shape index (κ1) is 13.9. The average molecular weight is 282 g/mol. The van der Waals surface area contributed by atoms with Gasteiger partial charge in [-0.15, -0.1) is 0 Å². The van der Waals surface area contributed by atoms with Gasteiger partial charge in [0.25, 0.3) is 0 Å². The summed E-state index contributed by atoms with van der Waals surface area (Å²) in [6.07, 6.45) is 2.24. The molecule has 0 amide bonds. The summed E-state index contributed by atoms with van der Waals surface area (Å²) in [5, 5.41) is 0. The number of ketones is 1. The number of aromatic nitrogens is 1. The fraction of sp³-hybridized carbons (Fsp3) is 0.389. The highest BCUT2D eigenvalue weighted by atomic mass is 16.1. The molecule has 0 spiro atoms. The van der Waals surface area contributed by atoms with E-state index in [0.29, 0.717) is 6.54 Å². The molecule has 0 radical (unpaired) electrons. The number of para-hydroxylation sites is 1. The lowest BCUT2D eigenvalue weighted by Crippen LogP contribution is -2.34. The Kier molecular flexibility index (Phi) is 3.58. The van der Waals surface area contributed by atoms with E-state index in [1.54, 1.807) is 0 Å². The van der Waals surface area contributed by atoms with E-state index in [1.165, 1.54) is 11.3 Å². The lowest BCUT2D eigenvalue weighted by Gasteiger charge is -2.30. The molecule has 0 aliphatic carbocycles. The minimum atomic E-state index is 0.216. The maximum Gasteiger partial charge on any atom is 0.183 e. The van der Waals surface area contributed by atoms with Crippen LogP contribution in [0, 0.1) is 13.8 Å². The molecule has 0 fully saturated rings. The molecule has 1 aromatic heterocycles. The van der Waals surface area contributed by atoms with Gasteiger partial charge < -0.3 is 9.47 Å². The Bertz CT molecular complexity index is 685. The van der Waals surface area contributed by atoms with Gasteiger partial charge in [-0.05, 0) is 44.4 Å². The third-order valence-electron chi connectivity index (χ3n) is 4.62. The van der Waals surface area contributed by atoms with E-state index >= 15 is 0 Å². The zero-order chi connectivity index (χ0) is 15.0. The second-order valence-corrected chi connectivity index (χ2v) is 5.92. The molecule has 110 valence electrons. The molecular formula is C18H22N2O. The SMILES string of the molecule is Cc1cc(C(=O)CN2CCCc3ccccc32)c(C)n1C. The zero-order valence-electron chi connectivity index (χ0n) is 13.0. The Labute approximate surface area is 126 Å². The summed E-state index contributed by atoms with van der Waals surface area (Å²) < 4.78 is 2.08. The van der Waals surface area contributed by atoms with Crippen molar-refractivity contribution in [2.75, 3.05) is 18.0 Å². The Morgan fingerprint density at radius 2 is 2.00 bits per heavy atom. The molecule has 2 heterocycles. The molecule has 0 saturated heterocycles. The van der Waals surface area contributed by atoms with E-state index in [0.717, 1.165) is 36.3 Å². The van der Waals surface area contributed by atoms with Gasteiger partial charge in [0.1, 0.15) is 0 Å². The van der Waals surface area contributed by atoms with Crippen molar-refractivity contribution < 1.29 is 4.79 Å². The number of Topliss-reactive ketones (excluding diaryl/α,β-unsaturated/α-hetero) is 1. The first-order chi connectivity index (χ1) is 10.1. The summed E-state index contributed by atoms with van der Waals surface area (Å²) in [5.74, 6) is 0.216. The van der Waals surface area contributed by atoms with E-state index in [1.807, 2.05) is 27.0 Å². The predicted octanol–water partition coefficient (Wildman–Crippen LogP) is 3.28. The van der Waals surface area contributed by atoms with Crippen LogP contribution >= 0.6 is 0 Å². The number of carbonyl (C=O) groups excluding carboxylic acids is 1. The highest BCUT2D eigenvalue weighted by molar-refractivity contribution is 6.00. The van der Waals surface area contributed by atoms with Crippen molar-refractivity contribution >= 4 is 11.5 Å². The topological polar surface area (TPSA) is 25.2 Å². The number of rotatable bonds is 3. The number of fused-ring (bicyclic) bond motifs is 1. The van der Waals surface area contributed by atoms with Crippen molar-refractivity contribution in [2.45, 2.75) is 26.7 Å². The molecule has 3 heteroatoms. The largest absolute Gasteiger partial charge is 0.364 e. The number of nitrogens with zero attached hydrogens (tertiary/aromatic N) is 2. The van der Waals surface area contributed by atoms with Gasteiger partial charge in [0.15, 0.2) is 5.78 Å². The van der Waals surface area contributed by atoms with Gasteiger partial charge in [-0.25, -0.2) is 0 Å². The lowest BCUT2D eigenvalue weighted by molar-refractivity contribution is 0.0998. The second-order valence-electron chi connectivity index (χ2n) is 5.92. The Balaban J connectivity index is 1.84. The summed E-state index contributed by atoms with van der Waals surface area (Å²) in [7, 11) is 2.01. The number of aryl methyl sites for hydroxylation is 2. The second kappa shape index (κ2) is 5.40. The number of hydrogen-bond acceptors (Lipinski definition) is 2. The van der Waals surface area contributed by atoms with Crippen LogP contribution in [0.1, 0.15) is 33.7 Å². The molecule has 1 aliphatic rings. The summed E-state index contributed by atoms with van der Waals surface area (Å²) in [4.78, 5) is 14.9. The van der Waals surface area contributed by atoms with Crippen molar-refractivity contribution in [1.82, 2.24) is 4.57 Å². The third kappa shape index (κ3) is 2.48. The predicted molar refractivity (Wildman–Crippen MR) is 86.2 cm³/mol. The molecular weight excluding hydrogens is 260 g/mol. The van der Waals surface area contributed by atoms with Gasteiger partial charge in [-0.2, -0.15) is 0 Å². The molecule has 1 aromatic carbocycles. The van der Waals surface area contributed by atoms with E-state index < -0.39 is 0 Å². The molecule has 0 saturated carbocycles. The van der Waals surface area contributed by atoms with Gasteiger partial charge in [-0.3, -0.25) is 4.79 Å². The van der Waals surface area contributed by atoms with Crippen LogP contribution in [0.3, 0.4) is 0 Å². The van der Waals surface area contributed by atoms with Gasteiger partial charge in [0.2, 0.25) is 0 Å². The van der Waals surface area contributed by atoms with Crippen molar-refractivity contribution in [3.63, 3.8) is 0 Å². The highest BCUT2D eigenvalue weighted by Crippen LogP contribution is 2.27. The maximum atomic E-state index is 12.7. The van der Waals surface area contributed by atoms with Crippen LogP contribution in [0.25, 0.3) is 0 Å². The number of benzene rings is 1. The standard InChI is InChI=1S/C18H22N2O/c1-13-11-16(14(2)19(13)3)18(21)12-20-10-6-8-15-7-4-5-9-17(15)20/h4-5,7,9,11H,6,8,10,12H2,1-3H3. The van der Waals surface area contributed by atoms with Gasteiger partial charge in [0.05, 0.1) is 6.54 Å². The monoisotopic (exact) mass is 282 g/mol. The zero-order valence-corrected chi connectivity index (χ0v) is 13.0. The molecule has 0 atom stereocenters. The third-order valence-corrected chi connectivity index (χ3v) is 4.62. The lowest BCUT2D eigenvalue weighted by atomic mass is 10.0. The van der Waals surface area contributed by atoms with Crippen molar-refractivity contribution in [3.05, 3.63) is 52.8 Å². The van der Waals surface area contributed by atoms with Crippen LogP contribution in [0.15, 0.2) is 30.3 Å². The molecule has 21 heavy (non-hydrogen) atoms. The van der Waals surface area contributed by atoms with E-state index in [4.69, 9.17) is 0 Å². The van der Waals surface area contributed by atoms with Crippen LogP contribution in [-0.4, -0.2) is 23.4 Å². The van der Waals surface area contributed by atoms with Gasteiger partial charge in [-0.1, -0.05) is 18.2 Å². The van der Waals surface area contributed by atoms with E-state index in [2.05, 4.69) is 33.7 Å². The maximum absolute atomic E-state index is 12.7. The summed E-state index contributed by atoms with van der Waals surface area (Å²) in [6, 6.07) is 10.4. The van der Waals surface area contributed by atoms with Crippen molar-refractivity contribution in [1.29, 1.82) is 0 Å². The smallest absolute Gasteiger partial charge is 0.183 e. The minimum absolute atomic E-state index is 0.216. The fourth-order valence-corrected chi connectivity index (χ4v) is 3.17. The van der Waals surface area contributed by atoms with Crippen LogP contribution in [0.2, 0.25) is 0 Å². The number of carbonyl (C=O) groups is 1. The van der Waals surface area contributed by atoms with Crippen molar-refractivity contribution in [2.24, 2.45) is 7.05 Å². The van der Waals surface area contributed by atoms with E-state index in [9.17, 15) is 4.79 Å². The summed E-state index contributed by atoms with van der Waals surface area (Å²) in [6.45, 7) is 5.50. The van der Waals surface area contributed by atoms with Crippen molar-refractivity contribution in [3.8, 4) is 0 Å². The molecule has 0 N–H and O–H groups in total. The number of anilines is 1. The minimum Gasteiger partial charge on any atom is -0.364 e. The first-order valence-corrected chi connectivity index (χ1v) is 7.57. The summed E-state index contributed by atoms with van der Waals surface area (Å²) in [5.41, 5.74) is 5.63. The molecule has 3 nitrogen and oxygen atoms in total. The first-order valence-electron chi connectivity index (χ1n) is 7.57. The van der Waals surface area contributed by atoms with Crippen LogP contribution in [0.5, 0.6) is 0 Å². The van der Waals surface area contributed by atoms with Crippen LogP contribution in [-0.2, 0) is 13.5 Å².